The van der Waals surface area contributed by atoms with Crippen molar-refractivity contribution in [3.63, 3.8) is 0 Å². The van der Waals surface area contributed by atoms with Crippen molar-refractivity contribution in [2.45, 2.75) is 65.7 Å². The summed E-state index contributed by atoms with van der Waals surface area (Å²) in [6.45, 7) is 15.9. The summed E-state index contributed by atoms with van der Waals surface area (Å²) in [5, 5.41) is 0. The first-order valence-electron chi connectivity index (χ1n) is 6.47. The molecule has 0 radical (unpaired) electrons. The molecule has 1 rings (SSSR count). The molecule has 0 N–H and O–H groups in total. The second-order valence-electron chi connectivity index (χ2n) is 7.61. The van der Waals surface area contributed by atoms with Gasteiger partial charge in [0.2, 0.25) is 0 Å². The smallest absolute Gasteiger partial charge is 0.144 e. The van der Waals surface area contributed by atoms with Gasteiger partial charge in [0.1, 0.15) is 5.67 Å². The van der Waals surface area contributed by atoms with Gasteiger partial charge < -0.3 is 4.74 Å². The Hall–Kier alpha value is -0.150. The van der Waals surface area contributed by atoms with E-state index in [0.717, 1.165) is 0 Å². The standard InChI is InChI=1S/C14H28FNO/c1-12(2,3)11-8-17-10-14(7,15)9-16(11)13(4,5)6/h11H,8-10H2,1-7H3. The van der Waals surface area contributed by atoms with Gasteiger partial charge in [0.05, 0.1) is 13.2 Å². The van der Waals surface area contributed by atoms with Crippen LogP contribution in [0.15, 0.2) is 0 Å². The molecule has 0 aromatic rings. The molecule has 2 nitrogen and oxygen atoms in total. The zero-order valence-electron chi connectivity index (χ0n) is 12.4. The molecule has 0 saturated carbocycles. The van der Waals surface area contributed by atoms with E-state index in [4.69, 9.17) is 4.74 Å². The minimum Gasteiger partial charge on any atom is -0.376 e. The van der Waals surface area contributed by atoms with Gasteiger partial charge in [0, 0.05) is 18.1 Å². The maximum atomic E-state index is 14.3. The van der Waals surface area contributed by atoms with E-state index in [1.54, 1.807) is 6.92 Å². The number of nitrogens with zero attached hydrogens (tertiary/aromatic N) is 1. The van der Waals surface area contributed by atoms with E-state index in [0.29, 0.717) is 13.2 Å². The van der Waals surface area contributed by atoms with Crippen LogP contribution in [0.25, 0.3) is 0 Å². The van der Waals surface area contributed by atoms with E-state index >= 15 is 0 Å². The number of alkyl halides is 1. The molecule has 0 aliphatic carbocycles. The molecule has 102 valence electrons. The van der Waals surface area contributed by atoms with Crippen molar-refractivity contribution < 1.29 is 9.13 Å². The fourth-order valence-corrected chi connectivity index (χ4v) is 2.41. The molecule has 0 aromatic heterocycles. The molecule has 0 spiro atoms. The van der Waals surface area contributed by atoms with Gasteiger partial charge in [-0.1, -0.05) is 20.8 Å². The summed E-state index contributed by atoms with van der Waals surface area (Å²) >= 11 is 0. The van der Waals surface area contributed by atoms with Crippen LogP contribution in [-0.2, 0) is 4.74 Å². The molecule has 1 fully saturated rings. The van der Waals surface area contributed by atoms with Crippen LogP contribution in [0.1, 0.15) is 48.5 Å². The first kappa shape index (κ1) is 14.9. The number of hydrogen-bond donors (Lipinski definition) is 0. The van der Waals surface area contributed by atoms with E-state index in [1.165, 1.54) is 0 Å². The molecule has 2 atom stereocenters. The summed E-state index contributed by atoms with van der Waals surface area (Å²) in [4.78, 5) is 2.26. The summed E-state index contributed by atoms with van der Waals surface area (Å²) < 4.78 is 19.9. The second kappa shape index (κ2) is 4.51. The molecular weight excluding hydrogens is 217 g/mol. The molecule has 17 heavy (non-hydrogen) atoms. The SMILES string of the molecule is CC1(F)COCC(C(C)(C)C)N(C(C)(C)C)C1. The Kier molecular flexibility index (Phi) is 3.95. The Balaban J connectivity index is 3.03. The van der Waals surface area contributed by atoms with Crippen molar-refractivity contribution >= 4 is 0 Å². The number of ether oxygens (including phenoxy) is 1. The molecule has 0 aromatic carbocycles. The molecule has 1 aliphatic rings. The fraction of sp³-hybridized carbons (Fsp3) is 1.00. The summed E-state index contributed by atoms with van der Waals surface area (Å²) in [6, 6.07) is 0.250. The molecule has 2 unspecified atom stereocenters. The maximum Gasteiger partial charge on any atom is 0.144 e. The number of hydrogen-bond acceptors (Lipinski definition) is 2. The monoisotopic (exact) mass is 245 g/mol. The predicted octanol–water partition coefficient (Wildman–Crippen LogP) is 3.26. The average molecular weight is 245 g/mol. The van der Waals surface area contributed by atoms with Crippen molar-refractivity contribution in [3.8, 4) is 0 Å². The molecule has 3 heteroatoms. The number of halogens is 1. The first-order chi connectivity index (χ1) is 7.43. The molecule has 0 amide bonds. The molecular formula is C14H28FNO. The lowest BCUT2D eigenvalue weighted by Gasteiger charge is -2.47. The van der Waals surface area contributed by atoms with E-state index in [-0.39, 0.29) is 23.6 Å². The zero-order chi connectivity index (χ0) is 13.5. The van der Waals surface area contributed by atoms with Crippen LogP contribution in [0.3, 0.4) is 0 Å². The number of rotatable bonds is 0. The van der Waals surface area contributed by atoms with Gasteiger partial charge in [-0.25, -0.2) is 4.39 Å². The van der Waals surface area contributed by atoms with Crippen LogP contribution in [0, 0.1) is 5.41 Å². The highest BCUT2D eigenvalue weighted by Gasteiger charge is 2.43. The van der Waals surface area contributed by atoms with Crippen molar-refractivity contribution in [2.24, 2.45) is 5.41 Å². The Morgan fingerprint density at radius 1 is 1.18 bits per heavy atom. The lowest BCUT2D eigenvalue weighted by molar-refractivity contribution is -0.00735. The Labute approximate surface area is 106 Å². The van der Waals surface area contributed by atoms with Crippen LogP contribution in [0.5, 0.6) is 0 Å². The van der Waals surface area contributed by atoms with Crippen molar-refractivity contribution in [3.05, 3.63) is 0 Å². The third-order valence-electron chi connectivity index (χ3n) is 3.42. The summed E-state index contributed by atoms with van der Waals surface area (Å²) in [5.74, 6) is 0. The van der Waals surface area contributed by atoms with Gasteiger partial charge in [-0.05, 0) is 33.1 Å². The van der Waals surface area contributed by atoms with E-state index in [1.807, 2.05) is 0 Å². The van der Waals surface area contributed by atoms with Crippen molar-refractivity contribution in [1.82, 2.24) is 4.90 Å². The van der Waals surface area contributed by atoms with Crippen LogP contribution >= 0.6 is 0 Å². The quantitative estimate of drug-likeness (QED) is 0.649. The van der Waals surface area contributed by atoms with Gasteiger partial charge in [-0.3, -0.25) is 4.90 Å². The highest BCUT2D eigenvalue weighted by atomic mass is 19.1. The minimum absolute atomic E-state index is 0.0427. The third kappa shape index (κ3) is 3.92. The Morgan fingerprint density at radius 3 is 2.12 bits per heavy atom. The molecule has 1 saturated heterocycles. The predicted molar refractivity (Wildman–Crippen MR) is 70.0 cm³/mol. The topological polar surface area (TPSA) is 12.5 Å². The minimum atomic E-state index is -1.26. The molecule has 1 aliphatic heterocycles. The van der Waals surface area contributed by atoms with Gasteiger partial charge in [-0.2, -0.15) is 0 Å². The van der Waals surface area contributed by atoms with Gasteiger partial charge in [0.15, 0.2) is 0 Å². The zero-order valence-corrected chi connectivity index (χ0v) is 12.4. The largest absolute Gasteiger partial charge is 0.376 e. The summed E-state index contributed by atoms with van der Waals surface area (Å²) in [6.07, 6.45) is 0. The van der Waals surface area contributed by atoms with E-state index < -0.39 is 5.67 Å². The third-order valence-corrected chi connectivity index (χ3v) is 3.42. The summed E-state index contributed by atoms with van der Waals surface area (Å²) in [5.41, 5.74) is -1.21. The normalized spacial score (nSPS) is 33.5. The van der Waals surface area contributed by atoms with Crippen LogP contribution in [-0.4, -0.2) is 41.9 Å². The first-order valence-corrected chi connectivity index (χ1v) is 6.47. The highest BCUT2D eigenvalue weighted by Crippen LogP contribution is 2.34. The van der Waals surface area contributed by atoms with Crippen molar-refractivity contribution in [1.29, 1.82) is 0 Å². The Morgan fingerprint density at radius 2 is 1.71 bits per heavy atom. The lowest BCUT2D eigenvalue weighted by Crippen LogP contribution is -2.57. The highest BCUT2D eigenvalue weighted by molar-refractivity contribution is 4.95. The average Bonchev–Trinajstić information content (AvgIpc) is 2.20. The van der Waals surface area contributed by atoms with E-state index in [2.05, 4.69) is 46.4 Å². The van der Waals surface area contributed by atoms with E-state index in [9.17, 15) is 4.39 Å². The lowest BCUT2D eigenvalue weighted by atomic mass is 9.83. The van der Waals surface area contributed by atoms with Crippen LogP contribution < -0.4 is 0 Å². The summed E-state index contributed by atoms with van der Waals surface area (Å²) in [7, 11) is 0. The Bertz CT molecular complexity index is 262. The van der Waals surface area contributed by atoms with Crippen LogP contribution in [0.4, 0.5) is 4.39 Å². The fourth-order valence-electron chi connectivity index (χ4n) is 2.41. The van der Waals surface area contributed by atoms with Crippen molar-refractivity contribution in [2.75, 3.05) is 19.8 Å². The molecule has 1 heterocycles. The second-order valence-corrected chi connectivity index (χ2v) is 7.61. The van der Waals surface area contributed by atoms with Gasteiger partial charge >= 0.3 is 0 Å². The van der Waals surface area contributed by atoms with Gasteiger partial charge in [0.25, 0.3) is 0 Å². The van der Waals surface area contributed by atoms with Crippen LogP contribution in [0.2, 0.25) is 0 Å². The molecule has 0 bridgehead atoms. The van der Waals surface area contributed by atoms with Gasteiger partial charge in [-0.15, -0.1) is 0 Å². The maximum absolute atomic E-state index is 14.3.